The molecule has 0 bridgehead atoms. The number of nitrogens with one attached hydrogen (secondary N) is 1. The molecule has 0 spiro atoms. The van der Waals surface area contributed by atoms with E-state index in [1.807, 2.05) is 6.92 Å². The summed E-state index contributed by atoms with van der Waals surface area (Å²) in [5, 5.41) is 22.4. The molecule has 8 heteroatoms. The summed E-state index contributed by atoms with van der Waals surface area (Å²) in [6, 6.07) is 9.16. The Labute approximate surface area is 138 Å². The van der Waals surface area contributed by atoms with Crippen LogP contribution < -0.4 is 10.1 Å². The number of rotatable bonds is 6. The summed E-state index contributed by atoms with van der Waals surface area (Å²) in [5.74, 6) is 0.524. The topological polar surface area (TPSA) is 89.1 Å². The van der Waals surface area contributed by atoms with E-state index in [2.05, 4.69) is 15.5 Å². The molecule has 0 unspecified atom stereocenters. The molecule has 0 aliphatic heterocycles. The Morgan fingerprint density at radius 3 is 2.52 bits per heavy atom. The van der Waals surface area contributed by atoms with Crippen LogP contribution in [0.3, 0.4) is 0 Å². The Balaban J connectivity index is 2.27. The molecule has 0 radical (unpaired) electrons. The summed E-state index contributed by atoms with van der Waals surface area (Å²) in [6.45, 7) is 2.69. The number of nitro groups is 1. The quantitative estimate of drug-likeness (QED) is 0.452. The lowest BCUT2D eigenvalue weighted by Gasteiger charge is -2.10. The Bertz CT molecular complexity index is 732. The SMILES string of the molecule is CCNc1cc(OC)c(/N=N/c2ccc([N+](=O)[O-])cc2)cc1Cl. The first-order chi connectivity index (χ1) is 11.0. The lowest BCUT2D eigenvalue weighted by Crippen LogP contribution is -1.97. The fourth-order valence-corrected chi connectivity index (χ4v) is 2.09. The Morgan fingerprint density at radius 1 is 1.26 bits per heavy atom. The van der Waals surface area contributed by atoms with Crippen LogP contribution >= 0.6 is 11.6 Å². The molecule has 120 valence electrons. The van der Waals surface area contributed by atoms with Gasteiger partial charge in [0.25, 0.3) is 5.69 Å². The Hall–Kier alpha value is -2.67. The maximum atomic E-state index is 10.6. The first-order valence-electron chi connectivity index (χ1n) is 6.82. The average molecular weight is 335 g/mol. The van der Waals surface area contributed by atoms with Crippen LogP contribution in [0.5, 0.6) is 5.75 Å². The van der Waals surface area contributed by atoms with Crippen molar-refractivity contribution in [2.45, 2.75) is 6.92 Å². The van der Waals surface area contributed by atoms with E-state index in [0.29, 0.717) is 22.1 Å². The number of nitrogens with zero attached hydrogens (tertiary/aromatic N) is 3. The highest BCUT2D eigenvalue weighted by molar-refractivity contribution is 6.33. The number of methoxy groups -OCH3 is 1. The monoisotopic (exact) mass is 334 g/mol. The van der Waals surface area contributed by atoms with Gasteiger partial charge in [0.2, 0.25) is 0 Å². The lowest BCUT2D eigenvalue weighted by molar-refractivity contribution is -0.384. The highest BCUT2D eigenvalue weighted by atomic mass is 35.5. The van der Waals surface area contributed by atoms with E-state index < -0.39 is 4.92 Å². The van der Waals surface area contributed by atoms with Crippen LogP contribution in [-0.2, 0) is 0 Å². The molecule has 0 aliphatic carbocycles. The predicted molar refractivity (Wildman–Crippen MR) is 89.4 cm³/mol. The fourth-order valence-electron chi connectivity index (χ4n) is 1.86. The summed E-state index contributed by atoms with van der Waals surface area (Å²) in [6.07, 6.45) is 0. The number of azo groups is 1. The summed E-state index contributed by atoms with van der Waals surface area (Å²) in [5.41, 5.74) is 1.71. The lowest BCUT2D eigenvalue weighted by atomic mass is 10.2. The van der Waals surface area contributed by atoms with E-state index >= 15 is 0 Å². The second-order valence-electron chi connectivity index (χ2n) is 4.51. The van der Waals surface area contributed by atoms with Crippen LogP contribution in [0, 0.1) is 10.1 Å². The highest BCUT2D eigenvalue weighted by Crippen LogP contribution is 2.37. The minimum absolute atomic E-state index is 0.000400. The van der Waals surface area contributed by atoms with Crippen molar-refractivity contribution in [3.05, 3.63) is 51.5 Å². The van der Waals surface area contributed by atoms with Crippen LogP contribution in [-0.4, -0.2) is 18.6 Å². The standard InChI is InChI=1S/C15H15ClN4O3/c1-3-17-13-9-15(23-2)14(8-12(13)16)19-18-10-4-6-11(7-5-10)20(21)22/h4-9,17H,3H2,1-2H3/b19-18+. The minimum Gasteiger partial charge on any atom is -0.494 e. The van der Waals surface area contributed by atoms with E-state index in [9.17, 15) is 10.1 Å². The van der Waals surface area contributed by atoms with Gasteiger partial charge in [0, 0.05) is 24.7 Å². The van der Waals surface area contributed by atoms with Gasteiger partial charge in [0.05, 0.1) is 28.4 Å². The van der Waals surface area contributed by atoms with Gasteiger partial charge in [-0.2, -0.15) is 5.11 Å². The van der Waals surface area contributed by atoms with Crippen molar-refractivity contribution in [1.82, 2.24) is 0 Å². The smallest absolute Gasteiger partial charge is 0.269 e. The van der Waals surface area contributed by atoms with Crippen molar-refractivity contribution < 1.29 is 9.66 Å². The molecule has 0 atom stereocenters. The summed E-state index contributed by atoms with van der Waals surface area (Å²) < 4.78 is 5.28. The molecule has 0 aliphatic rings. The van der Waals surface area contributed by atoms with Crippen LogP contribution in [0.25, 0.3) is 0 Å². The largest absolute Gasteiger partial charge is 0.494 e. The molecule has 2 rings (SSSR count). The molecular weight excluding hydrogens is 320 g/mol. The van der Waals surface area contributed by atoms with Gasteiger partial charge in [-0.1, -0.05) is 11.6 Å². The highest BCUT2D eigenvalue weighted by Gasteiger charge is 2.09. The van der Waals surface area contributed by atoms with Crippen LogP contribution in [0.2, 0.25) is 5.02 Å². The predicted octanol–water partition coefficient (Wildman–Crippen LogP) is 5.10. The maximum absolute atomic E-state index is 10.6. The number of ether oxygens (including phenoxy) is 1. The molecule has 0 saturated carbocycles. The van der Waals surface area contributed by atoms with E-state index in [1.54, 1.807) is 12.1 Å². The van der Waals surface area contributed by atoms with Gasteiger partial charge >= 0.3 is 0 Å². The molecule has 7 nitrogen and oxygen atoms in total. The second-order valence-corrected chi connectivity index (χ2v) is 4.91. The van der Waals surface area contributed by atoms with Crippen LogP contribution in [0.1, 0.15) is 6.92 Å². The van der Waals surface area contributed by atoms with Gasteiger partial charge in [-0.15, -0.1) is 5.11 Å². The summed E-state index contributed by atoms with van der Waals surface area (Å²) in [4.78, 5) is 10.1. The maximum Gasteiger partial charge on any atom is 0.269 e. The number of nitro benzene ring substituents is 1. The molecule has 1 N–H and O–H groups in total. The van der Waals surface area contributed by atoms with Crippen molar-refractivity contribution in [1.29, 1.82) is 0 Å². The minimum atomic E-state index is -0.469. The number of anilines is 1. The zero-order chi connectivity index (χ0) is 16.8. The van der Waals surface area contributed by atoms with Gasteiger partial charge in [-0.05, 0) is 25.1 Å². The zero-order valence-corrected chi connectivity index (χ0v) is 13.4. The van der Waals surface area contributed by atoms with E-state index in [4.69, 9.17) is 16.3 Å². The first kappa shape index (κ1) is 16.7. The van der Waals surface area contributed by atoms with Gasteiger partial charge < -0.3 is 10.1 Å². The average Bonchev–Trinajstić information content (AvgIpc) is 2.55. The van der Waals surface area contributed by atoms with E-state index in [-0.39, 0.29) is 5.69 Å². The van der Waals surface area contributed by atoms with E-state index in [0.717, 1.165) is 12.2 Å². The molecule has 23 heavy (non-hydrogen) atoms. The van der Waals surface area contributed by atoms with Gasteiger partial charge in [-0.3, -0.25) is 10.1 Å². The fraction of sp³-hybridized carbons (Fsp3) is 0.200. The molecule has 0 heterocycles. The van der Waals surface area contributed by atoms with Gasteiger partial charge in [0.1, 0.15) is 11.4 Å². The van der Waals surface area contributed by atoms with Gasteiger partial charge in [-0.25, -0.2) is 0 Å². The third kappa shape index (κ3) is 4.17. The van der Waals surface area contributed by atoms with Crippen molar-refractivity contribution >= 4 is 34.4 Å². The van der Waals surface area contributed by atoms with E-state index in [1.165, 1.54) is 31.4 Å². The molecular formula is C15H15ClN4O3. The third-order valence-corrected chi connectivity index (χ3v) is 3.28. The Kier molecular flexibility index (Phi) is 5.48. The Morgan fingerprint density at radius 2 is 1.96 bits per heavy atom. The molecule has 0 aromatic heterocycles. The summed E-state index contributed by atoms with van der Waals surface area (Å²) in [7, 11) is 1.53. The molecule has 2 aromatic rings. The number of hydrogen-bond acceptors (Lipinski definition) is 6. The van der Waals surface area contributed by atoms with Crippen LogP contribution in [0.15, 0.2) is 46.6 Å². The normalized spacial score (nSPS) is 10.7. The van der Waals surface area contributed by atoms with Gasteiger partial charge in [0.15, 0.2) is 0 Å². The molecule has 0 saturated heterocycles. The third-order valence-electron chi connectivity index (χ3n) is 2.97. The molecule has 2 aromatic carbocycles. The first-order valence-corrected chi connectivity index (χ1v) is 7.20. The number of non-ortho nitro benzene ring substituents is 1. The van der Waals surface area contributed by atoms with Crippen molar-refractivity contribution in [2.24, 2.45) is 10.2 Å². The molecule has 0 fully saturated rings. The van der Waals surface area contributed by atoms with Crippen LogP contribution in [0.4, 0.5) is 22.7 Å². The number of hydrogen-bond donors (Lipinski definition) is 1. The zero-order valence-electron chi connectivity index (χ0n) is 12.6. The summed E-state index contributed by atoms with van der Waals surface area (Å²) >= 11 is 6.18. The van der Waals surface area contributed by atoms with Crippen molar-refractivity contribution in [3.8, 4) is 5.75 Å². The van der Waals surface area contributed by atoms with Crippen molar-refractivity contribution in [3.63, 3.8) is 0 Å². The second kappa shape index (κ2) is 7.55. The number of benzene rings is 2. The number of halogens is 1. The van der Waals surface area contributed by atoms with Crippen molar-refractivity contribution in [2.75, 3.05) is 19.0 Å². The molecule has 0 amide bonds.